The quantitative estimate of drug-likeness (QED) is 0.327. The van der Waals surface area contributed by atoms with E-state index in [1.165, 1.54) is 16.7 Å². The van der Waals surface area contributed by atoms with Crippen molar-refractivity contribution in [3.63, 3.8) is 0 Å². The summed E-state index contributed by atoms with van der Waals surface area (Å²) in [6.07, 6.45) is 2.05. The smallest absolute Gasteiger partial charge is 0.310 e. The fourth-order valence-corrected chi connectivity index (χ4v) is 6.88. The number of fused-ring (bicyclic) bond motifs is 3. The van der Waals surface area contributed by atoms with E-state index in [-0.39, 0.29) is 17.6 Å². The highest BCUT2D eigenvalue weighted by Crippen LogP contribution is 2.47. The summed E-state index contributed by atoms with van der Waals surface area (Å²) in [7, 11) is 1.88. The van der Waals surface area contributed by atoms with E-state index >= 15 is 0 Å². The zero-order chi connectivity index (χ0) is 28.4. The first-order chi connectivity index (χ1) is 19.0. The molecule has 0 fully saturated rings. The summed E-state index contributed by atoms with van der Waals surface area (Å²) in [5, 5.41) is 19.0. The van der Waals surface area contributed by atoms with E-state index in [1.54, 1.807) is 4.68 Å². The lowest BCUT2D eigenvalue weighted by atomic mass is 9.69. The van der Waals surface area contributed by atoms with Crippen LogP contribution in [0.1, 0.15) is 79.5 Å². The molecule has 2 aliphatic rings. The number of ether oxygens (including phenoxy) is 1. The maximum Gasteiger partial charge on any atom is 0.310 e. The Morgan fingerprint density at radius 1 is 1.12 bits per heavy atom. The van der Waals surface area contributed by atoms with Crippen LogP contribution in [0.3, 0.4) is 0 Å². The molecule has 0 radical (unpaired) electrons. The molecular weight excluding hydrogens is 500 g/mol. The average Bonchev–Trinajstić information content (AvgIpc) is 3.45. The molecule has 7 heteroatoms. The van der Waals surface area contributed by atoms with E-state index in [0.29, 0.717) is 0 Å². The molecule has 0 saturated carbocycles. The average molecular weight is 539 g/mol. The number of rotatable bonds is 5. The number of carbonyl (C=O) groups is 1. The molecule has 7 nitrogen and oxygen atoms in total. The van der Waals surface area contributed by atoms with Crippen LogP contribution in [0.5, 0.6) is 5.75 Å². The number of carboxylic acid groups (broad SMARTS) is 1. The van der Waals surface area contributed by atoms with Crippen LogP contribution in [0.2, 0.25) is 0 Å². The minimum Gasteiger partial charge on any atom is -0.486 e. The second-order valence-corrected chi connectivity index (χ2v) is 12.7. The van der Waals surface area contributed by atoms with Crippen molar-refractivity contribution in [2.75, 3.05) is 6.54 Å². The van der Waals surface area contributed by atoms with Gasteiger partial charge in [-0.15, -0.1) is 5.10 Å². The van der Waals surface area contributed by atoms with Gasteiger partial charge in [0.25, 0.3) is 0 Å². The zero-order valence-electron chi connectivity index (χ0n) is 24.2. The van der Waals surface area contributed by atoms with Gasteiger partial charge in [-0.25, -0.2) is 4.68 Å². The first-order valence-electron chi connectivity index (χ1n) is 14.1. The summed E-state index contributed by atoms with van der Waals surface area (Å²) >= 11 is 0. The van der Waals surface area contributed by atoms with Crippen LogP contribution in [-0.2, 0) is 24.8 Å². The van der Waals surface area contributed by atoms with E-state index in [4.69, 9.17) is 4.74 Å². The third kappa shape index (κ3) is 4.37. The normalized spacial score (nSPS) is 19.5. The van der Waals surface area contributed by atoms with Crippen molar-refractivity contribution >= 4 is 17.0 Å². The van der Waals surface area contributed by atoms with Gasteiger partial charge in [0.05, 0.1) is 10.9 Å². The number of benzene rings is 3. The van der Waals surface area contributed by atoms with E-state index in [2.05, 4.69) is 71.5 Å². The summed E-state index contributed by atoms with van der Waals surface area (Å²) in [4.78, 5) is 15.3. The molecule has 1 aromatic heterocycles. The predicted molar refractivity (Wildman–Crippen MR) is 156 cm³/mol. The Balaban J connectivity index is 1.45. The number of para-hydroxylation sites is 1. The second kappa shape index (κ2) is 9.44. The zero-order valence-corrected chi connectivity index (χ0v) is 24.2. The molecule has 1 N–H and O–H groups in total. The predicted octanol–water partition coefficient (Wildman–Crippen LogP) is 6.18. The molecule has 40 heavy (non-hydrogen) atoms. The van der Waals surface area contributed by atoms with Crippen molar-refractivity contribution in [3.8, 4) is 5.75 Å². The lowest BCUT2D eigenvalue weighted by Crippen LogP contribution is -2.41. The Hall–Kier alpha value is -3.71. The minimum atomic E-state index is -1.04. The van der Waals surface area contributed by atoms with E-state index in [0.717, 1.165) is 59.4 Å². The molecule has 0 spiro atoms. The van der Waals surface area contributed by atoms with Gasteiger partial charge in [0.2, 0.25) is 0 Å². The number of hydrogen-bond acceptors (Lipinski definition) is 5. The van der Waals surface area contributed by atoms with Gasteiger partial charge in [-0.1, -0.05) is 47.7 Å². The maximum absolute atomic E-state index is 12.7. The largest absolute Gasteiger partial charge is 0.486 e. The highest BCUT2D eigenvalue weighted by atomic mass is 16.5. The lowest BCUT2D eigenvalue weighted by Gasteiger charge is -2.35. The molecule has 2 heterocycles. The standard InChI is InChI=1S/C33H38N4O3/c1-20-24(14-16-27-30(20)34-35-36(27)6)29(33(4,5)31(38)39)22-12-11-21-13-15-26(25(21)17-22)37-18-23-9-7-8-10-28(23)40-32(2,3)19-37/h7-12,14,16-17,26,29H,13,15,18-19H2,1-6H3,(H,38,39)/t26-,29-/m1/s1. The summed E-state index contributed by atoms with van der Waals surface area (Å²) < 4.78 is 8.20. The van der Waals surface area contributed by atoms with Crippen molar-refractivity contribution in [1.29, 1.82) is 0 Å². The van der Waals surface area contributed by atoms with Crippen LogP contribution in [0.25, 0.3) is 11.0 Å². The lowest BCUT2D eigenvalue weighted by molar-refractivity contribution is -0.147. The van der Waals surface area contributed by atoms with Gasteiger partial charge >= 0.3 is 5.97 Å². The molecule has 1 aliphatic heterocycles. The number of aromatic nitrogens is 3. The van der Waals surface area contributed by atoms with Crippen molar-refractivity contribution in [2.45, 2.75) is 71.6 Å². The first-order valence-corrected chi connectivity index (χ1v) is 14.1. The summed E-state index contributed by atoms with van der Waals surface area (Å²) in [5.41, 5.74) is 7.22. The van der Waals surface area contributed by atoms with Crippen LogP contribution in [0, 0.1) is 12.3 Å². The first kappa shape index (κ1) is 26.5. The van der Waals surface area contributed by atoms with Crippen molar-refractivity contribution in [1.82, 2.24) is 19.9 Å². The molecule has 2 atom stereocenters. The number of hydrogen-bond donors (Lipinski definition) is 1. The van der Waals surface area contributed by atoms with Gasteiger partial charge in [-0.3, -0.25) is 9.69 Å². The van der Waals surface area contributed by atoms with Crippen molar-refractivity contribution < 1.29 is 14.6 Å². The van der Waals surface area contributed by atoms with Crippen LogP contribution >= 0.6 is 0 Å². The number of aliphatic carboxylic acids is 1. The van der Waals surface area contributed by atoms with Gasteiger partial charge in [0, 0.05) is 37.7 Å². The fraction of sp³-hybridized carbons (Fsp3) is 0.424. The molecule has 6 rings (SSSR count). The molecule has 4 aromatic rings. The molecule has 0 bridgehead atoms. The molecular formula is C33H38N4O3. The molecule has 0 unspecified atom stereocenters. The molecule has 0 saturated heterocycles. The SMILES string of the molecule is Cc1c([C@@H](c2ccc3c(c2)[C@H](N2Cc4ccccc4OC(C)(C)C2)CC3)C(C)(C)C(=O)O)ccc2c1nnn2C. The van der Waals surface area contributed by atoms with Crippen LogP contribution < -0.4 is 4.74 Å². The Labute approximate surface area is 235 Å². The topological polar surface area (TPSA) is 80.5 Å². The number of carboxylic acids is 1. The highest BCUT2D eigenvalue weighted by Gasteiger charge is 2.42. The van der Waals surface area contributed by atoms with E-state index < -0.39 is 11.4 Å². The Bertz CT molecular complexity index is 1620. The maximum atomic E-state index is 12.7. The van der Waals surface area contributed by atoms with Crippen molar-refractivity contribution in [3.05, 3.63) is 88.0 Å². The van der Waals surface area contributed by atoms with Gasteiger partial charge in [-0.2, -0.15) is 0 Å². The monoisotopic (exact) mass is 538 g/mol. The highest BCUT2D eigenvalue weighted by molar-refractivity contribution is 5.81. The van der Waals surface area contributed by atoms with Crippen molar-refractivity contribution in [2.24, 2.45) is 12.5 Å². The Morgan fingerprint density at radius 2 is 1.90 bits per heavy atom. The molecule has 1 aliphatic carbocycles. The van der Waals surface area contributed by atoms with E-state index in [9.17, 15) is 9.90 Å². The summed E-state index contributed by atoms with van der Waals surface area (Å²) in [5.74, 6) is -0.219. The van der Waals surface area contributed by atoms with Gasteiger partial charge < -0.3 is 9.84 Å². The second-order valence-electron chi connectivity index (χ2n) is 12.7. The minimum absolute atomic E-state index is 0.237. The summed E-state index contributed by atoms with van der Waals surface area (Å²) in [6.45, 7) is 11.6. The fourth-order valence-electron chi connectivity index (χ4n) is 6.88. The van der Waals surface area contributed by atoms with Gasteiger partial charge in [-0.05, 0) is 87.4 Å². The van der Waals surface area contributed by atoms with Crippen LogP contribution in [0.15, 0.2) is 54.6 Å². The van der Waals surface area contributed by atoms with Crippen LogP contribution in [-0.4, -0.2) is 43.1 Å². The van der Waals surface area contributed by atoms with Gasteiger partial charge in [0.15, 0.2) is 0 Å². The Kier molecular flexibility index (Phi) is 6.26. The molecule has 0 amide bonds. The Morgan fingerprint density at radius 3 is 2.67 bits per heavy atom. The number of nitrogens with zero attached hydrogens (tertiary/aromatic N) is 4. The summed E-state index contributed by atoms with van der Waals surface area (Å²) in [6, 6.07) is 19.3. The van der Waals surface area contributed by atoms with Gasteiger partial charge in [0.1, 0.15) is 16.9 Å². The third-order valence-electron chi connectivity index (χ3n) is 8.97. The molecule has 208 valence electrons. The third-order valence-corrected chi connectivity index (χ3v) is 8.97. The van der Waals surface area contributed by atoms with Crippen LogP contribution in [0.4, 0.5) is 0 Å². The number of aryl methyl sites for hydroxylation is 3. The van der Waals surface area contributed by atoms with E-state index in [1.807, 2.05) is 40.0 Å². The molecule has 3 aromatic carbocycles.